The number of aryl methyl sites for hydroxylation is 1. The van der Waals surface area contributed by atoms with Crippen molar-refractivity contribution in [2.24, 2.45) is 7.05 Å². The topological polar surface area (TPSA) is 13.1 Å². The molecular formula is C14H18BrI2N3Pt. The van der Waals surface area contributed by atoms with E-state index < -0.39 is 0 Å². The zero-order chi connectivity index (χ0) is 16.0. The third kappa shape index (κ3) is 7.42. The molecule has 0 fully saturated rings. The number of hydrogen-bond acceptors (Lipinski definition) is 1. The molecule has 0 radical (unpaired) electrons. The van der Waals surface area contributed by atoms with Gasteiger partial charge in [-0.2, -0.15) is 1.33 Å². The predicted octanol–water partition coefficient (Wildman–Crippen LogP) is 5.44. The van der Waals surface area contributed by atoms with E-state index in [2.05, 4.69) is 149 Å². The van der Waals surface area contributed by atoms with E-state index in [1.54, 1.807) is 0 Å². The molecule has 2 aromatic rings. The van der Waals surface area contributed by atoms with Crippen LogP contribution in [0.1, 0.15) is 25.5 Å². The molecule has 3 nitrogen and oxygen atoms in total. The Morgan fingerprint density at radius 1 is 1.19 bits per heavy atom. The molecule has 0 atom stereocenters. The van der Waals surface area contributed by atoms with E-state index in [4.69, 9.17) is 0 Å². The van der Waals surface area contributed by atoms with Gasteiger partial charge in [-0.1, -0.05) is 28.1 Å². The van der Waals surface area contributed by atoms with Crippen molar-refractivity contribution in [3.63, 3.8) is 0 Å². The van der Waals surface area contributed by atoms with Gasteiger partial charge in [-0.15, -0.1) is 0 Å². The monoisotopic (exact) mass is 756 g/mol. The minimum atomic E-state index is 0.564. The van der Waals surface area contributed by atoms with Crippen LogP contribution in [-0.2, 0) is 32.9 Å². The molecule has 0 saturated heterocycles. The number of nitrogens with zero attached hydrogens (tertiary/aromatic N) is 3. The molecule has 0 bridgehead atoms. The number of halogens is 3. The molecule has 0 saturated carbocycles. The van der Waals surface area contributed by atoms with Crippen molar-refractivity contribution in [3.8, 4) is 0 Å². The van der Waals surface area contributed by atoms with Gasteiger partial charge in [0.2, 0.25) is 0 Å². The average molecular weight is 757 g/mol. The molecule has 2 rings (SSSR count). The maximum absolute atomic E-state index is 3.39. The van der Waals surface area contributed by atoms with Crippen LogP contribution >= 0.6 is 61.7 Å². The molecule has 1 heterocycles. The molecule has 0 N–H and O–H groups in total. The molecule has 0 unspecified atom stereocenters. The summed E-state index contributed by atoms with van der Waals surface area (Å²) >= 11 is 10.2. The van der Waals surface area contributed by atoms with Crippen LogP contribution in [0.5, 0.6) is 0 Å². The second-order valence-corrected chi connectivity index (χ2v) is 10.8. The first-order valence-electron chi connectivity index (χ1n) is 6.33. The quantitative estimate of drug-likeness (QED) is 0.301. The summed E-state index contributed by atoms with van der Waals surface area (Å²) in [4.78, 5) is 0. The molecule has 0 amide bonds. The van der Waals surface area contributed by atoms with Crippen LogP contribution in [0.15, 0.2) is 41.1 Å². The Bertz CT molecular complexity index is 605. The molecule has 0 aliphatic rings. The van der Waals surface area contributed by atoms with Gasteiger partial charge in [0.05, 0.1) is 0 Å². The van der Waals surface area contributed by atoms with Crippen LogP contribution in [0, 0.1) is 3.80 Å². The van der Waals surface area contributed by atoms with Crippen molar-refractivity contribution in [2.45, 2.75) is 26.4 Å². The van der Waals surface area contributed by atoms with Crippen LogP contribution in [0.3, 0.4) is 0 Å². The summed E-state index contributed by atoms with van der Waals surface area (Å²) in [5, 5.41) is 0. The first-order chi connectivity index (χ1) is 9.81. The number of hydrogen-bond donors (Lipinski definition) is 0. The summed E-state index contributed by atoms with van der Waals surface area (Å²) in [5.74, 6) is 0. The first-order valence-corrected chi connectivity index (χ1v) is 10.2. The van der Waals surface area contributed by atoms with E-state index in [9.17, 15) is 0 Å². The summed E-state index contributed by atoms with van der Waals surface area (Å²) < 4.78 is 8.85. The second kappa shape index (κ2) is 10.0. The third-order valence-electron chi connectivity index (χ3n) is 2.69. The van der Waals surface area contributed by atoms with Gasteiger partial charge in [0, 0.05) is 56.7 Å². The summed E-state index contributed by atoms with van der Waals surface area (Å²) in [6.07, 6.45) is 4.18. The van der Waals surface area contributed by atoms with Gasteiger partial charge in [0.1, 0.15) is 0 Å². The Morgan fingerprint density at radius 3 is 2.10 bits per heavy atom. The summed E-state index contributed by atoms with van der Waals surface area (Å²) in [7, 11) is 2.06. The van der Waals surface area contributed by atoms with Crippen molar-refractivity contribution in [3.05, 3.63) is 50.5 Å². The minimum absolute atomic E-state index is 0.564. The van der Waals surface area contributed by atoms with Crippen molar-refractivity contribution in [1.29, 1.82) is 0 Å². The van der Waals surface area contributed by atoms with Crippen LogP contribution in [0.2, 0.25) is 0 Å². The van der Waals surface area contributed by atoms with Gasteiger partial charge in [0.25, 0.3) is 0 Å². The summed E-state index contributed by atoms with van der Waals surface area (Å²) in [6.45, 7) is 5.35. The van der Waals surface area contributed by atoms with Gasteiger partial charge in [-0.05, 0) is 17.7 Å². The molecule has 0 aliphatic heterocycles. The second-order valence-electron chi connectivity index (χ2n) is 4.74. The van der Waals surface area contributed by atoms with Crippen LogP contribution in [0.4, 0.5) is 0 Å². The zero-order valence-electron chi connectivity index (χ0n) is 12.0. The number of benzene rings is 1. The van der Waals surface area contributed by atoms with Crippen molar-refractivity contribution < 1.29 is 19.4 Å². The molecule has 21 heavy (non-hydrogen) atoms. The number of rotatable bonds is 3. The van der Waals surface area contributed by atoms with E-state index in [1.165, 1.54) is 9.37 Å². The van der Waals surface area contributed by atoms with Gasteiger partial charge < -0.3 is 0 Å². The molecule has 1 aromatic heterocycles. The van der Waals surface area contributed by atoms with E-state index in [1.807, 2.05) is 0 Å². The average Bonchev–Trinajstić information content (AvgIpc) is 2.73. The number of aromatic nitrogens is 2. The Labute approximate surface area is 173 Å². The summed E-state index contributed by atoms with van der Waals surface area (Å²) in [5.41, 5.74) is 1.33. The van der Waals surface area contributed by atoms with Crippen LogP contribution in [-0.4, -0.2) is 10.5 Å². The van der Waals surface area contributed by atoms with E-state index in [-0.39, 0.29) is 0 Å². The molecule has 1 aromatic carbocycles. The fourth-order valence-electron chi connectivity index (χ4n) is 1.56. The van der Waals surface area contributed by atoms with Gasteiger partial charge in [0.15, 0.2) is 0 Å². The summed E-state index contributed by atoms with van der Waals surface area (Å²) in [6, 6.07) is 8.93. The van der Waals surface area contributed by atoms with Crippen LogP contribution < -0.4 is 0 Å². The van der Waals surface area contributed by atoms with E-state index >= 15 is 0 Å². The maximum atomic E-state index is 3.39. The predicted molar refractivity (Wildman–Crippen MR) is 105 cm³/mol. The zero-order valence-corrected chi connectivity index (χ0v) is 20.2. The number of imidazole rings is 1. The standard InChI is InChI=1S/C7H6BrI2N.C7H12N2.Pt/c8-7-3-1-6(2-4-7)5-11(9)10;1-7(2)9-5-4-8(3)6-9;/h1-4H,5H2;4-5,7H,1-3H3;. The van der Waals surface area contributed by atoms with Gasteiger partial charge in [-0.25, -0.2) is 0 Å². The molecule has 0 aliphatic carbocycles. The van der Waals surface area contributed by atoms with Gasteiger partial charge in [-0.3, -0.25) is 0 Å². The van der Waals surface area contributed by atoms with Crippen LogP contribution in [0.25, 0.3) is 0 Å². The fourth-order valence-corrected chi connectivity index (χ4v) is 3.54. The molecule has 7 heteroatoms. The third-order valence-corrected chi connectivity index (χ3v) is 5.29. The first kappa shape index (κ1) is 20.1. The van der Waals surface area contributed by atoms with Crippen molar-refractivity contribution >= 4 is 61.7 Å². The van der Waals surface area contributed by atoms with Crippen molar-refractivity contribution in [2.75, 3.05) is 0 Å². The Hall–Kier alpha value is 1.02. The van der Waals surface area contributed by atoms with E-state index in [0.717, 1.165) is 11.0 Å². The normalized spacial score (nSPS) is 10.8. The molecular weight excluding hydrogens is 739 g/mol. The van der Waals surface area contributed by atoms with E-state index in [0.29, 0.717) is 6.04 Å². The Morgan fingerprint density at radius 2 is 1.76 bits per heavy atom. The molecule has 0 spiro atoms. The van der Waals surface area contributed by atoms with Crippen molar-refractivity contribution in [1.82, 2.24) is 10.5 Å². The fraction of sp³-hybridized carbons (Fsp3) is 0.357. The Balaban J connectivity index is 0.000000211. The molecule has 120 valence electrons. The van der Waals surface area contributed by atoms with Gasteiger partial charge >= 0.3 is 71.6 Å². The SMILES string of the molecule is Brc1ccc(CN(I)I)cc1.CC(C)n1ccn(C)[c]1=[Pt]. The Kier molecular flexibility index (Phi) is 9.56.